The molecule has 0 aliphatic carbocycles. The van der Waals surface area contributed by atoms with E-state index in [2.05, 4.69) is 27.2 Å². The zero-order valence-corrected chi connectivity index (χ0v) is 14.1. The van der Waals surface area contributed by atoms with Crippen LogP contribution in [0.5, 0.6) is 5.75 Å². The molecule has 1 unspecified atom stereocenters. The van der Waals surface area contributed by atoms with Crippen molar-refractivity contribution in [1.82, 2.24) is 10.1 Å². The van der Waals surface area contributed by atoms with Crippen LogP contribution in [0.2, 0.25) is 0 Å². The second kappa shape index (κ2) is 6.57. The Balaban J connectivity index is 1.55. The number of nitrogens with two attached hydrogens (primary N) is 1. The van der Waals surface area contributed by atoms with Crippen molar-refractivity contribution >= 4 is 5.69 Å². The average molecular weight is 336 g/mol. The van der Waals surface area contributed by atoms with E-state index < -0.39 is 0 Å². The van der Waals surface area contributed by atoms with E-state index in [1.807, 2.05) is 36.4 Å². The van der Waals surface area contributed by atoms with E-state index in [1.165, 1.54) is 11.3 Å². The second-order valence-electron chi connectivity index (χ2n) is 6.21. The molecule has 0 amide bonds. The van der Waals surface area contributed by atoms with E-state index in [0.717, 1.165) is 24.3 Å². The normalized spacial score (nSPS) is 16.6. The predicted octanol–water partition coefficient (Wildman–Crippen LogP) is 2.64. The van der Waals surface area contributed by atoms with E-state index >= 15 is 0 Å². The summed E-state index contributed by atoms with van der Waals surface area (Å²) in [6.45, 7) is 1.32. The number of hydrogen-bond donors (Lipinski definition) is 1. The summed E-state index contributed by atoms with van der Waals surface area (Å²) in [5.74, 6) is 1.95. The first kappa shape index (κ1) is 15.7. The minimum absolute atomic E-state index is 0.110. The standard InChI is InChI=1S/C19H20N4O2/c1-24-16-8-6-13(7-9-16)19-21-18(25-22-19)12-23-11-15(20)10-14-4-2-3-5-17(14)23/h2-9,15H,10-12,20H2,1H3. The highest BCUT2D eigenvalue weighted by molar-refractivity contribution is 5.57. The van der Waals surface area contributed by atoms with Gasteiger partial charge in [0.1, 0.15) is 5.75 Å². The Labute approximate surface area is 146 Å². The first-order chi connectivity index (χ1) is 12.2. The lowest BCUT2D eigenvalue weighted by atomic mass is 9.98. The maximum atomic E-state index is 6.20. The molecule has 0 saturated carbocycles. The molecule has 25 heavy (non-hydrogen) atoms. The third kappa shape index (κ3) is 3.21. The molecule has 1 aliphatic rings. The number of anilines is 1. The van der Waals surface area contributed by atoms with Crippen molar-refractivity contribution < 1.29 is 9.26 Å². The first-order valence-electron chi connectivity index (χ1n) is 8.28. The largest absolute Gasteiger partial charge is 0.497 e. The third-order valence-electron chi connectivity index (χ3n) is 4.41. The van der Waals surface area contributed by atoms with Crippen LogP contribution in [0.25, 0.3) is 11.4 Å². The van der Waals surface area contributed by atoms with Gasteiger partial charge in [0.25, 0.3) is 0 Å². The highest BCUT2D eigenvalue weighted by Crippen LogP contribution is 2.28. The van der Waals surface area contributed by atoms with Crippen LogP contribution in [0.4, 0.5) is 5.69 Å². The van der Waals surface area contributed by atoms with Gasteiger partial charge in [-0.3, -0.25) is 0 Å². The molecule has 1 atom stereocenters. The number of methoxy groups -OCH3 is 1. The van der Waals surface area contributed by atoms with Crippen molar-refractivity contribution in [3.05, 3.63) is 60.0 Å². The molecule has 1 aliphatic heterocycles. The Morgan fingerprint density at radius 3 is 2.80 bits per heavy atom. The molecule has 2 aromatic carbocycles. The number of fused-ring (bicyclic) bond motifs is 1. The Kier molecular flexibility index (Phi) is 4.11. The molecule has 6 heteroatoms. The Hall–Kier alpha value is -2.86. The maximum absolute atomic E-state index is 6.20. The van der Waals surface area contributed by atoms with Gasteiger partial charge >= 0.3 is 0 Å². The van der Waals surface area contributed by atoms with Crippen molar-refractivity contribution in [2.45, 2.75) is 19.0 Å². The first-order valence-corrected chi connectivity index (χ1v) is 8.28. The van der Waals surface area contributed by atoms with E-state index in [-0.39, 0.29) is 6.04 Å². The summed E-state index contributed by atoms with van der Waals surface area (Å²) < 4.78 is 10.6. The van der Waals surface area contributed by atoms with Gasteiger partial charge in [-0.05, 0) is 42.3 Å². The number of nitrogens with zero attached hydrogens (tertiary/aromatic N) is 3. The van der Waals surface area contributed by atoms with Gasteiger partial charge in [-0.15, -0.1) is 0 Å². The highest BCUT2D eigenvalue weighted by atomic mass is 16.5. The number of aromatic nitrogens is 2. The van der Waals surface area contributed by atoms with Crippen LogP contribution in [-0.2, 0) is 13.0 Å². The molecule has 0 radical (unpaired) electrons. The van der Waals surface area contributed by atoms with Gasteiger partial charge in [-0.1, -0.05) is 23.4 Å². The van der Waals surface area contributed by atoms with Crippen molar-refractivity contribution in [2.75, 3.05) is 18.6 Å². The van der Waals surface area contributed by atoms with Gasteiger partial charge in [0.2, 0.25) is 11.7 Å². The molecule has 128 valence electrons. The van der Waals surface area contributed by atoms with Crippen molar-refractivity contribution in [3.63, 3.8) is 0 Å². The van der Waals surface area contributed by atoms with Crippen LogP contribution < -0.4 is 15.4 Å². The van der Waals surface area contributed by atoms with Crippen LogP contribution in [-0.4, -0.2) is 29.8 Å². The molecule has 3 aromatic rings. The van der Waals surface area contributed by atoms with Gasteiger partial charge in [-0.25, -0.2) is 0 Å². The van der Waals surface area contributed by atoms with Crippen molar-refractivity contribution in [2.24, 2.45) is 5.73 Å². The van der Waals surface area contributed by atoms with E-state index in [4.69, 9.17) is 15.0 Å². The molecule has 1 aromatic heterocycles. The highest BCUT2D eigenvalue weighted by Gasteiger charge is 2.23. The topological polar surface area (TPSA) is 77.4 Å². The number of hydrogen-bond acceptors (Lipinski definition) is 6. The number of benzene rings is 2. The second-order valence-corrected chi connectivity index (χ2v) is 6.21. The van der Waals surface area contributed by atoms with Crippen LogP contribution >= 0.6 is 0 Å². The summed E-state index contributed by atoms with van der Waals surface area (Å²) in [6, 6.07) is 16.0. The molecule has 6 nitrogen and oxygen atoms in total. The molecule has 0 saturated heterocycles. The zero-order chi connectivity index (χ0) is 17.2. The maximum Gasteiger partial charge on any atom is 0.246 e. The minimum atomic E-state index is 0.110. The average Bonchev–Trinajstić information content (AvgIpc) is 3.10. The van der Waals surface area contributed by atoms with Gasteiger partial charge in [0.05, 0.1) is 13.7 Å². The minimum Gasteiger partial charge on any atom is -0.497 e. The SMILES string of the molecule is COc1ccc(-c2noc(CN3CC(N)Cc4ccccc43)n2)cc1. The number of rotatable bonds is 4. The number of para-hydroxylation sites is 1. The third-order valence-corrected chi connectivity index (χ3v) is 4.41. The van der Waals surface area contributed by atoms with Gasteiger partial charge in [-0.2, -0.15) is 4.98 Å². The fourth-order valence-electron chi connectivity index (χ4n) is 3.21. The molecular formula is C19H20N4O2. The summed E-state index contributed by atoms with van der Waals surface area (Å²) in [5, 5.41) is 4.10. The van der Waals surface area contributed by atoms with Crippen LogP contribution in [0, 0.1) is 0 Å². The fourth-order valence-corrected chi connectivity index (χ4v) is 3.21. The zero-order valence-electron chi connectivity index (χ0n) is 14.1. The Bertz CT molecular complexity index is 860. The Morgan fingerprint density at radius 2 is 2.00 bits per heavy atom. The monoisotopic (exact) mass is 336 g/mol. The van der Waals surface area contributed by atoms with E-state index in [0.29, 0.717) is 18.3 Å². The van der Waals surface area contributed by atoms with E-state index in [9.17, 15) is 0 Å². The van der Waals surface area contributed by atoms with E-state index in [1.54, 1.807) is 7.11 Å². The molecule has 2 heterocycles. The van der Waals surface area contributed by atoms with Crippen LogP contribution in [0.3, 0.4) is 0 Å². The van der Waals surface area contributed by atoms with Gasteiger partial charge in [0.15, 0.2) is 0 Å². The fraction of sp³-hybridized carbons (Fsp3) is 0.263. The lowest BCUT2D eigenvalue weighted by molar-refractivity contribution is 0.374. The molecule has 0 bridgehead atoms. The van der Waals surface area contributed by atoms with Crippen molar-refractivity contribution in [1.29, 1.82) is 0 Å². The quantitative estimate of drug-likeness (QED) is 0.789. The summed E-state index contributed by atoms with van der Waals surface area (Å²) in [6.07, 6.45) is 0.896. The lowest BCUT2D eigenvalue weighted by Gasteiger charge is -2.33. The summed E-state index contributed by atoms with van der Waals surface area (Å²) in [5.41, 5.74) is 9.54. The van der Waals surface area contributed by atoms with Crippen LogP contribution in [0.1, 0.15) is 11.5 Å². The van der Waals surface area contributed by atoms with Crippen molar-refractivity contribution in [3.8, 4) is 17.1 Å². The Morgan fingerprint density at radius 1 is 1.20 bits per heavy atom. The predicted molar refractivity (Wildman–Crippen MR) is 95.5 cm³/mol. The van der Waals surface area contributed by atoms with Gasteiger partial charge < -0.3 is 19.9 Å². The molecule has 0 fully saturated rings. The smallest absolute Gasteiger partial charge is 0.246 e. The van der Waals surface area contributed by atoms with Gasteiger partial charge in [0, 0.05) is 23.8 Å². The molecule has 4 rings (SSSR count). The van der Waals surface area contributed by atoms with Crippen LogP contribution in [0.15, 0.2) is 53.1 Å². The number of ether oxygens (including phenoxy) is 1. The summed E-state index contributed by atoms with van der Waals surface area (Å²) >= 11 is 0. The summed E-state index contributed by atoms with van der Waals surface area (Å²) in [7, 11) is 1.64. The molecular weight excluding hydrogens is 316 g/mol. The lowest BCUT2D eigenvalue weighted by Crippen LogP contribution is -2.42. The molecule has 0 spiro atoms. The molecule has 2 N–H and O–H groups in total. The summed E-state index contributed by atoms with van der Waals surface area (Å²) in [4.78, 5) is 6.73.